The highest BCUT2D eigenvalue weighted by molar-refractivity contribution is 9.10. The van der Waals surface area contributed by atoms with Crippen LogP contribution in [0.15, 0.2) is 28.9 Å². The molecule has 18 heavy (non-hydrogen) atoms. The summed E-state index contributed by atoms with van der Waals surface area (Å²) < 4.78 is 2.82. The fraction of sp³-hybridized carbons (Fsp3) is 0.308. The van der Waals surface area contributed by atoms with Crippen LogP contribution in [0.5, 0.6) is 0 Å². The molecule has 1 atom stereocenters. The topological polar surface area (TPSA) is 43.8 Å². The summed E-state index contributed by atoms with van der Waals surface area (Å²) in [5, 5.41) is 4.83. The zero-order valence-corrected chi connectivity index (χ0v) is 12.7. The number of benzene rings is 1. The molecule has 0 aliphatic rings. The Bertz CT molecular complexity index is 565. The predicted octanol–water partition coefficient (Wildman–Crippen LogP) is 3.68. The smallest absolute Gasteiger partial charge is 0.0837 e. The average Bonchev–Trinajstić information content (AvgIpc) is 2.72. The SMILES string of the molecule is CCn1ncc(Cl)c1C(N)c1cc(C)ccc1Br. The van der Waals surface area contributed by atoms with Crippen LogP contribution in [0.2, 0.25) is 5.02 Å². The Hall–Kier alpha value is -0.840. The van der Waals surface area contributed by atoms with Crippen LogP contribution in [-0.2, 0) is 6.54 Å². The van der Waals surface area contributed by atoms with Gasteiger partial charge in [-0.15, -0.1) is 0 Å². The molecule has 1 aromatic carbocycles. The van der Waals surface area contributed by atoms with Crippen LogP contribution in [0.1, 0.15) is 29.8 Å². The van der Waals surface area contributed by atoms with Gasteiger partial charge in [0.05, 0.1) is 23.0 Å². The first-order valence-corrected chi connectivity index (χ1v) is 6.94. The van der Waals surface area contributed by atoms with Crippen molar-refractivity contribution >= 4 is 27.5 Å². The molecule has 0 saturated carbocycles. The highest BCUT2D eigenvalue weighted by atomic mass is 79.9. The molecule has 5 heteroatoms. The Balaban J connectivity index is 2.50. The fourth-order valence-corrected chi connectivity index (χ4v) is 2.73. The Morgan fingerprint density at radius 2 is 2.22 bits per heavy atom. The van der Waals surface area contributed by atoms with Crippen molar-refractivity contribution in [2.24, 2.45) is 5.73 Å². The maximum atomic E-state index is 6.33. The van der Waals surface area contributed by atoms with Gasteiger partial charge < -0.3 is 5.73 Å². The second kappa shape index (κ2) is 5.43. The summed E-state index contributed by atoms with van der Waals surface area (Å²) in [6, 6.07) is 5.83. The molecule has 0 aliphatic carbocycles. The van der Waals surface area contributed by atoms with Gasteiger partial charge in [-0.1, -0.05) is 45.2 Å². The van der Waals surface area contributed by atoms with E-state index in [0.717, 1.165) is 22.3 Å². The average molecular weight is 329 g/mol. The molecule has 1 aromatic heterocycles. The lowest BCUT2D eigenvalue weighted by Gasteiger charge is -2.16. The van der Waals surface area contributed by atoms with Crippen molar-refractivity contribution in [3.63, 3.8) is 0 Å². The van der Waals surface area contributed by atoms with Crippen LogP contribution in [-0.4, -0.2) is 9.78 Å². The van der Waals surface area contributed by atoms with Crippen LogP contribution in [0.25, 0.3) is 0 Å². The van der Waals surface area contributed by atoms with E-state index >= 15 is 0 Å². The molecule has 96 valence electrons. The maximum Gasteiger partial charge on any atom is 0.0837 e. The lowest BCUT2D eigenvalue weighted by molar-refractivity contribution is 0.600. The molecular formula is C13H15BrClN3. The van der Waals surface area contributed by atoms with Crippen molar-refractivity contribution in [1.29, 1.82) is 0 Å². The molecule has 0 spiro atoms. The summed E-state index contributed by atoms with van der Waals surface area (Å²) >= 11 is 9.72. The standard InChI is InChI=1S/C13H15BrClN3/c1-3-18-13(11(15)7-17-18)12(16)9-6-8(2)4-5-10(9)14/h4-7,12H,3,16H2,1-2H3. The third-order valence-corrected chi connectivity index (χ3v) is 3.93. The second-order valence-corrected chi connectivity index (χ2v) is 5.46. The van der Waals surface area contributed by atoms with Gasteiger partial charge in [-0.05, 0) is 25.5 Å². The van der Waals surface area contributed by atoms with E-state index in [9.17, 15) is 0 Å². The molecule has 2 N–H and O–H groups in total. The van der Waals surface area contributed by atoms with Crippen molar-refractivity contribution in [3.8, 4) is 0 Å². The van der Waals surface area contributed by atoms with E-state index in [4.69, 9.17) is 17.3 Å². The van der Waals surface area contributed by atoms with Gasteiger partial charge in [0.25, 0.3) is 0 Å². The number of hydrogen-bond acceptors (Lipinski definition) is 2. The molecule has 0 bridgehead atoms. The van der Waals surface area contributed by atoms with Crippen molar-refractivity contribution in [2.75, 3.05) is 0 Å². The van der Waals surface area contributed by atoms with Gasteiger partial charge in [-0.2, -0.15) is 5.10 Å². The number of halogens is 2. The first-order chi connectivity index (χ1) is 8.54. The van der Waals surface area contributed by atoms with Crippen molar-refractivity contribution in [3.05, 3.63) is 50.7 Å². The summed E-state index contributed by atoms with van der Waals surface area (Å²) in [5.74, 6) is 0. The zero-order chi connectivity index (χ0) is 13.3. The molecular weight excluding hydrogens is 314 g/mol. The number of hydrogen-bond donors (Lipinski definition) is 1. The summed E-state index contributed by atoms with van der Waals surface area (Å²) in [4.78, 5) is 0. The van der Waals surface area contributed by atoms with Gasteiger partial charge >= 0.3 is 0 Å². The highest BCUT2D eigenvalue weighted by Crippen LogP contribution is 2.31. The molecule has 0 saturated heterocycles. The van der Waals surface area contributed by atoms with Gasteiger partial charge in [0.2, 0.25) is 0 Å². The van der Waals surface area contributed by atoms with Gasteiger partial charge in [0, 0.05) is 11.0 Å². The third kappa shape index (κ3) is 2.46. The van der Waals surface area contributed by atoms with Crippen LogP contribution in [0, 0.1) is 6.92 Å². The number of nitrogens with two attached hydrogens (primary N) is 1. The van der Waals surface area contributed by atoms with Crippen LogP contribution >= 0.6 is 27.5 Å². The summed E-state index contributed by atoms with van der Waals surface area (Å²) in [5.41, 5.74) is 9.37. The van der Waals surface area contributed by atoms with Crippen molar-refractivity contribution < 1.29 is 0 Å². The van der Waals surface area contributed by atoms with Gasteiger partial charge in [0.15, 0.2) is 0 Å². The zero-order valence-electron chi connectivity index (χ0n) is 10.3. The number of rotatable bonds is 3. The van der Waals surface area contributed by atoms with E-state index in [-0.39, 0.29) is 6.04 Å². The van der Waals surface area contributed by atoms with Gasteiger partial charge in [-0.25, -0.2) is 0 Å². The largest absolute Gasteiger partial charge is 0.319 e. The number of nitrogens with zero attached hydrogens (tertiary/aromatic N) is 2. The van der Waals surface area contributed by atoms with E-state index in [1.54, 1.807) is 6.20 Å². The summed E-state index contributed by atoms with van der Waals surface area (Å²) in [6.45, 7) is 4.81. The van der Waals surface area contributed by atoms with E-state index < -0.39 is 0 Å². The fourth-order valence-electron chi connectivity index (χ4n) is 1.98. The van der Waals surface area contributed by atoms with E-state index in [1.807, 2.05) is 30.7 Å². The van der Waals surface area contributed by atoms with E-state index in [0.29, 0.717) is 5.02 Å². The third-order valence-electron chi connectivity index (χ3n) is 2.91. The molecule has 0 fully saturated rings. The normalized spacial score (nSPS) is 12.7. The Labute approximate surface area is 120 Å². The number of aryl methyl sites for hydroxylation is 2. The molecule has 1 unspecified atom stereocenters. The molecule has 0 amide bonds. The molecule has 0 aliphatic heterocycles. The van der Waals surface area contributed by atoms with Crippen molar-refractivity contribution in [1.82, 2.24) is 9.78 Å². The van der Waals surface area contributed by atoms with Crippen LogP contribution < -0.4 is 5.73 Å². The monoisotopic (exact) mass is 327 g/mol. The lowest BCUT2D eigenvalue weighted by atomic mass is 10.0. The molecule has 2 aromatic rings. The number of aromatic nitrogens is 2. The Morgan fingerprint density at radius 3 is 2.89 bits per heavy atom. The van der Waals surface area contributed by atoms with Gasteiger partial charge in [0.1, 0.15) is 0 Å². The Kier molecular flexibility index (Phi) is 4.10. The minimum Gasteiger partial charge on any atom is -0.319 e. The molecule has 2 rings (SSSR count). The quantitative estimate of drug-likeness (QED) is 0.934. The van der Waals surface area contributed by atoms with E-state index in [1.165, 1.54) is 5.56 Å². The molecule has 3 nitrogen and oxygen atoms in total. The van der Waals surface area contributed by atoms with Gasteiger partial charge in [-0.3, -0.25) is 4.68 Å². The second-order valence-electron chi connectivity index (χ2n) is 4.20. The minimum atomic E-state index is -0.283. The van der Waals surface area contributed by atoms with Crippen LogP contribution in [0.4, 0.5) is 0 Å². The summed E-state index contributed by atoms with van der Waals surface area (Å²) in [7, 11) is 0. The van der Waals surface area contributed by atoms with Crippen LogP contribution in [0.3, 0.4) is 0 Å². The lowest BCUT2D eigenvalue weighted by Crippen LogP contribution is -2.18. The molecule has 1 heterocycles. The van der Waals surface area contributed by atoms with E-state index in [2.05, 4.69) is 27.1 Å². The maximum absolute atomic E-state index is 6.33. The predicted molar refractivity (Wildman–Crippen MR) is 77.8 cm³/mol. The summed E-state index contributed by atoms with van der Waals surface area (Å²) in [6.07, 6.45) is 1.64. The first kappa shape index (κ1) is 13.6. The minimum absolute atomic E-state index is 0.283. The van der Waals surface area contributed by atoms with Crippen molar-refractivity contribution in [2.45, 2.75) is 26.4 Å². The first-order valence-electron chi connectivity index (χ1n) is 5.77. The highest BCUT2D eigenvalue weighted by Gasteiger charge is 2.20. The Morgan fingerprint density at radius 1 is 1.50 bits per heavy atom. The molecule has 0 radical (unpaired) electrons.